The molecule has 0 saturated carbocycles. The number of benzene rings is 1. The molecular weight excluding hydrogens is 324 g/mol. The van der Waals surface area contributed by atoms with Gasteiger partial charge >= 0.3 is 0 Å². The molecule has 1 aromatic rings. The third-order valence-electron chi connectivity index (χ3n) is 5.18. The minimum atomic E-state index is 0.271. The van der Waals surface area contributed by atoms with E-state index in [1.165, 1.54) is 12.8 Å². The van der Waals surface area contributed by atoms with E-state index in [0.717, 1.165) is 31.6 Å². The van der Waals surface area contributed by atoms with Crippen molar-refractivity contribution in [1.82, 2.24) is 10.2 Å². The molecule has 0 radical (unpaired) electrons. The van der Waals surface area contributed by atoms with Gasteiger partial charge in [0.15, 0.2) is 0 Å². The number of ether oxygens (including phenoxy) is 1. The van der Waals surface area contributed by atoms with Crippen molar-refractivity contribution in [3.8, 4) is 5.75 Å². The zero-order chi connectivity index (χ0) is 16.9. The highest BCUT2D eigenvalue weighted by atomic mass is 35.5. The van der Waals surface area contributed by atoms with Crippen molar-refractivity contribution in [2.24, 2.45) is 5.92 Å². The minimum absolute atomic E-state index is 0.271. The first-order valence-corrected chi connectivity index (χ1v) is 9.36. The maximum absolute atomic E-state index is 12.4. The van der Waals surface area contributed by atoms with Crippen LogP contribution in [0.4, 0.5) is 0 Å². The molecule has 0 spiro atoms. The Kier molecular flexibility index (Phi) is 6.01. The highest BCUT2D eigenvalue weighted by molar-refractivity contribution is 6.30. The quantitative estimate of drug-likeness (QED) is 0.765. The van der Waals surface area contributed by atoms with Crippen molar-refractivity contribution in [2.75, 3.05) is 20.2 Å². The normalized spacial score (nSPS) is 25.5. The number of rotatable bonds is 7. The van der Waals surface area contributed by atoms with E-state index < -0.39 is 0 Å². The van der Waals surface area contributed by atoms with Crippen LogP contribution in [0.3, 0.4) is 0 Å². The molecule has 2 aliphatic heterocycles. The highest BCUT2D eigenvalue weighted by Gasteiger charge is 2.34. The van der Waals surface area contributed by atoms with Crippen LogP contribution in [0.1, 0.15) is 38.5 Å². The van der Waals surface area contributed by atoms with E-state index in [0.29, 0.717) is 36.1 Å². The van der Waals surface area contributed by atoms with Crippen molar-refractivity contribution in [1.29, 1.82) is 0 Å². The summed E-state index contributed by atoms with van der Waals surface area (Å²) in [6.07, 6.45) is 6.43. The minimum Gasteiger partial charge on any atom is -0.494 e. The molecule has 0 aromatic heterocycles. The van der Waals surface area contributed by atoms with Gasteiger partial charge in [-0.25, -0.2) is 0 Å². The third-order valence-corrected chi connectivity index (χ3v) is 5.43. The summed E-state index contributed by atoms with van der Waals surface area (Å²) in [5.41, 5.74) is 0. The van der Waals surface area contributed by atoms with Gasteiger partial charge in [-0.15, -0.1) is 0 Å². The van der Waals surface area contributed by atoms with Gasteiger partial charge in [-0.1, -0.05) is 11.6 Å². The molecule has 1 N–H and O–H groups in total. The number of halogens is 1. The molecule has 2 bridgehead atoms. The Morgan fingerprint density at radius 1 is 1.25 bits per heavy atom. The number of carbonyl (C=O) groups is 1. The first-order chi connectivity index (χ1) is 11.6. The zero-order valence-electron chi connectivity index (χ0n) is 14.3. The summed E-state index contributed by atoms with van der Waals surface area (Å²) in [7, 11) is 1.90. The van der Waals surface area contributed by atoms with Crippen molar-refractivity contribution >= 4 is 17.5 Å². The number of amides is 1. The van der Waals surface area contributed by atoms with E-state index in [4.69, 9.17) is 16.3 Å². The van der Waals surface area contributed by atoms with Gasteiger partial charge in [0.05, 0.1) is 6.61 Å². The Morgan fingerprint density at radius 3 is 2.58 bits per heavy atom. The Morgan fingerprint density at radius 2 is 1.92 bits per heavy atom. The first kappa shape index (κ1) is 17.6. The Hall–Kier alpha value is -1.26. The molecule has 24 heavy (non-hydrogen) atoms. The summed E-state index contributed by atoms with van der Waals surface area (Å²) in [4.78, 5) is 14.3. The largest absolute Gasteiger partial charge is 0.494 e. The van der Waals surface area contributed by atoms with Gasteiger partial charge in [-0.2, -0.15) is 0 Å². The van der Waals surface area contributed by atoms with Gasteiger partial charge in [-0.3, -0.25) is 4.79 Å². The van der Waals surface area contributed by atoms with Gasteiger partial charge < -0.3 is 15.0 Å². The number of nitrogens with zero attached hydrogens (tertiary/aromatic N) is 1. The average Bonchev–Trinajstić information content (AvgIpc) is 2.91. The van der Waals surface area contributed by atoms with Crippen LogP contribution in [-0.2, 0) is 4.79 Å². The van der Waals surface area contributed by atoms with Crippen LogP contribution in [0.5, 0.6) is 5.75 Å². The zero-order valence-corrected chi connectivity index (χ0v) is 15.1. The molecule has 2 fully saturated rings. The van der Waals surface area contributed by atoms with Gasteiger partial charge in [0.1, 0.15) is 5.75 Å². The molecule has 1 aromatic carbocycles. The lowest BCUT2D eigenvalue weighted by Crippen LogP contribution is -2.40. The third kappa shape index (κ3) is 4.87. The smallest absolute Gasteiger partial charge is 0.222 e. The van der Waals surface area contributed by atoms with E-state index in [-0.39, 0.29) is 5.91 Å². The van der Waals surface area contributed by atoms with Crippen LogP contribution in [0.2, 0.25) is 5.02 Å². The molecule has 0 aliphatic carbocycles. The van der Waals surface area contributed by atoms with Crippen molar-refractivity contribution < 1.29 is 9.53 Å². The summed E-state index contributed by atoms with van der Waals surface area (Å²) >= 11 is 5.85. The molecule has 2 saturated heterocycles. The van der Waals surface area contributed by atoms with E-state index in [9.17, 15) is 4.79 Å². The fraction of sp³-hybridized carbons (Fsp3) is 0.632. The van der Waals surface area contributed by atoms with Crippen LogP contribution in [-0.4, -0.2) is 43.1 Å². The highest BCUT2D eigenvalue weighted by Crippen LogP contribution is 2.32. The second-order valence-corrected chi connectivity index (χ2v) is 7.59. The Balaban J connectivity index is 1.33. The predicted molar refractivity (Wildman–Crippen MR) is 96.5 cm³/mol. The number of hydrogen-bond acceptors (Lipinski definition) is 3. The SMILES string of the molecule is CN(CCCOc1ccc(Cl)cc1)C(=O)CC1CC2CCC(C1)N2. The second kappa shape index (κ2) is 8.21. The predicted octanol–water partition coefficient (Wildman–Crippen LogP) is 3.49. The van der Waals surface area contributed by atoms with E-state index >= 15 is 0 Å². The Bertz CT molecular complexity index is 537. The molecule has 4 nitrogen and oxygen atoms in total. The lowest BCUT2D eigenvalue weighted by atomic mass is 9.89. The summed E-state index contributed by atoms with van der Waals surface area (Å²) < 4.78 is 5.67. The van der Waals surface area contributed by atoms with Gasteiger partial charge in [0, 0.05) is 37.1 Å². The molecule has 2 unspecified atom stereocenters. The van der Waals surface area contributed by atoms with Crippen LogP contribution in [0.15, 0.2) is 24.3 Å². The topological polar surface area (TPSA) is 41.6 Å². The number of hydrogen-bond donors (Lipinski definition) is 1. The maximum atomic E-state index is 12.4. The lowest BCUT2D eigenvalue weighted by molar-refractivity contribution is -0.131. The summed E-state index contributed by atoms with van der Waals surface area (Å²) in [5.74, 6) is 1.65. The monoisotopic (exact) mass is 350 g/mol. The number of fused-ring (bicyclic) bond motifs is 2. The fourth-order valence-corrected chi connectivity index (χ4v) is 4.02. The van der Waals surface area contributed by atoms with E-state index in [1.807, 2.05) is 36.2 Å². The van der Waals surface area contributed by atoms with E-state index in [1.54, 1.807) is 0 Å². The van der Waals surface area contributed by atoms with Crippen LogP contribution >= 0.6 is 11.6 Å². The van der Waals surface area contributed by atoms with Crippen LogP contribution in [0.25, 0.3) is 0 Å². The van der Waals surface area contributed by atoms with Crippen molar-refractivity contribution in [3.63, 3.8) is 0 Å². The van der Waals surface area contributed by atoms with Crippen LogP contribution < -0.4 is 10.1 Å². The maximum Gasteiger partial charge on any atom is 0.222 e. The Labute approximate surface area is 149 Å². The number of nitrogens with one attached hydrogen (secondary N) is 1. The molecule has 3 rings (SSSR count). The lowest BCUT2D eigenvalue weighted by Gasteiger charge is -2.30. The number of piperidine rings is 1. The summed E-state index contributed by atoms with van der Waals surface area (Å²) in [6.45, 7) is 1.35. The molecule has 5 heteroatoms. The number of carbonyl (C=O) groups excluding carboxylic acids is 1. The molecule has 2 atom stereocenters. The molecule has 1 amide bonds. The second-order valence-electron chi connectivity index (χ2n) is 7.15. The van der Waals surface area contributed by atoms with Gasteiger partial charge in [-0.05, 0) is 62.3 Å². The summed E-state index contributed by atoms with van der Waals surface area (Å²) in [5, 5.41) is 4.34. The molecule has 132 valence electrons. The fourth-order valence-electron chi connectivity index (χ4n) is 3.89. The van der Waals surface area contributed by atoms with Crippen molar-refractivity contribution in [2.45, 2.75) is 50.6 Å². The summed E-state index contributed by atoms with van der Waals surface area (Å²) in [6, 6.07) is 8.67. The average molecular weight is 351 g/mol. The first-order valence-electron chi connectivity index (χ1n) is 8.98. The molecule has 2 aliphatic rings. The standard InChI is InChI=1S/C19H27ClN2O2/c1-22(9-2-10-24-18-7-3-15(20)4-8-18)19(23)13-14-11-16-5-6-17(12-14)21-16/h3-4,7-8,14,16-17,21H,2,5-6,9-13H2,1H3. The molecular formula is C19H27ClN2O2. The van der Waals surface area contributed by atoms with Crippen molar-refractivity contribution in [3.05, 3.63) is 29.3 Å². The van der Waals surface area contributed by atoms with Gasteiger partial charge in [0.2, 0.25) is 5.91 Å². The molecule has 2 heterocycles. The van der Waals surface area contributed by atoms with Gasteiger partial charge in [0.25, 0.3) is 0 Å². The van der Waals surface area contributed by atoms with E-state index in [2.05, 4.69) is 5.32 Å². The van der Waals surface area contributed by atoms with Crippen LogP contribution in [0, 0.1) is 5.92 Å².